The summed E-state index contributed by atoms with van der Waals surface area (Å²) in [5.41, 5.74) is 13.2. The Morgan fingerprint density at radius 2 is 1.86 bits per heavy atom. The molecule has 2 rings (SSSR count). The van der Waals surface area contributed by atoms with Crippen LogP contribution in [0.15, 0.2) is 47.6 Å². The lowest BCUT2D eigenvalue weighted by atomic mass is 10.0. The van der Waals surface area contributed by atoms with Gasteiger partial charge in [0, 0.05) is 0 Å². The predicted octanol–water partition coefficient (Wildman–Crippen LogP) is 3.20. The fourth-order valence-corrected chi connectivity index (χ4v) is 1.96. The zero-order chi connectivity index (χ0) is 16.1. The third-order valence-electron chi connectivity index (χ3n) is 3.36. The molecule has 0 atom stereocenters. The van der Waals surface area contributed by atoms with Gasteiger partial charge in [0.1, 0.15) is 6.07 Å². The minimum Gasteiger partial charge on any atom is -0.382 e. The van der Waals surface area contributed by atoms with Crippen molar-refractivity contribution in [3.05, 3.63) is 53.6 Å². The SMILES string of the molecule is Cc1ccc(-c2cccc(N/N=C(\C#N)C(=N)N)c2)cc1C. The van der Waals surface area contributed by atoms with Crippen LogP contribution in [-0.2, 0) is 0 Å². The minimum absolute atomic E-state index is 0.142. The fourth-order valence-electron chi connectivity index (χ4n) is 1.96. The average Bonchev–Trinajstić information content (AvgIpc) is 2.50. The van der Waals surface area contributed by atoms with E-state index in [1.807, 2.05) is 24.3 Å². The van der Waals surface area contributed by atoms with Crippen LogP contribution >= 0.6 is 0 Å². The highest BCUT2D eigenvalue weighted by Gasteiger charge is 2.03. The molecule has 22 heavy (non-hydrogen) atoms. The number of benzene rings is 2. The lowest BCUT2D eigenvalue weighted by Gasteiger charge is -2.08. The van der Waals surface area contributed by atoms with Crippen LogP contribution in [0.4, 0.5) is 5.69 Å². The molecule has 0 heterocycles. The molecule has 0 bridgehead atoms. The molecule has 0 radical (unpaired) electrons. The number of aryl methyl sites for hydroxylation is 2. The quantitative estimate of drug-likeness (QED) is 0.458. The largest absolute Gasteiger partial charge is 0.382 e. The fraction of sp³-hybridized carbons (Fsp3) is 0.118. The van der Waals surface area contributed by atoms with Gasteiger partial charge in [-0.3, -0.25) is 10.8 Å². The Morgan fingerprint density at radius 1 is 1.14 bits per heavy atom. The van der Waals surface area contributed by atoms with Gasteiger partial charge in [-0.05, 0) is 48.2 Å². The van der Waals surface area contributed by atoms with Crippen molar-refractivity contribution >= 4 is 17.2 Å². The number of nitrogens with zero attached hydrogens (tertiary/aromatic N) is 2. The van der Waals surface area contributed by atoms with Crippen molar-refractivity contribution in [1.29, 1.82) is 10.7 Å². The highest BCUT2D eigenvalue weighted by Crippen LogP contribution is 2.24. The van der Waals surface area contributed by atoms with E-state index in [9.17, 15) is 0 Å². The summed E-state index contributed by atoms with van der Waals surface area (Å²) in [6.45, 7) is 4.16. The zero-order valence-electron chi connectivity index (χ0n) is 12.5. The van der Waals surface area contributed by atoms with Crippen LogP contribution in [0.1, 0.15) is 11.1 Å². The molecule has 0 aliphatic rings. The van der Waals surface area contributed by atoms with Gasteiger partial charge in [0.05, 0.1) is 5.69 Å². The maximum Gasteiger partial charge on any atom is 0.201 e. The lowest BCUT2D eigenvalue weighted by Crippen LogP contribution is -2.21. The molecule has 0 fully saturated rings. The summed E-state index contributed by atoms with van der Waals surface area (Å²) in [4.78, 5) is 0. The third kappa shape index (κ3) is 3.49. The second-order valence-electron chi connectivity index (χ2n) is 4.98. The summed E-state index contributed by atoms with van der Waals surface area (Å²) in [7, 11) is 0. The maximum atomic E-state index is 8.82. The van der Waals surface area contributed by atoms with E-state index in [0.29, 0.717) is 0 Å². The number of nitrogens with one attached hydrogen (secondary N) is 2. The number of nitriles is 1. The molecule has 0 aliphatic heterocycles. The molecule has 0 unspecified atom stereocenters. The Balaban J connectivity index is 2.29. The predicted molar refractivity (Wildman–Crippen MR) is 89.9 cm³/mol. The van der Waals surface area contributed by atoms with Gasteiger partial charge in [0.25, 0.3) is 0 Å². The Bertz CT molecular complexity index is 784. The molecule has 0 spiro atoms. The van der Waals surface area contributed by atoms with Crippen molar-refractivity contribution in [3.63, 3.8) is 0 Å². The molecule has 5 nitrogen and oxygen atoms in total. The molecule has 0 amide bonds. The van der Waals surface area contributed by atoms with Crippen LogP contribution in [0, 0.1) is 30.6 Å². The molecular weight excluding hydrogens is 274 g/mol. The van der Waals surface area contributed by atoms with Gasteiger partial charge in [-0.2, -0.15) is 10.4 Å². The second-order valence-corrected chi connectivity index (χ2v) is 4.98. The zero-order valence-corrected chi connectivity index (χ0v) is 12.5. The third-order valence-corrected chi connectivity index (χ3v) is 3.36. The van der Waals surface area contributed by atoms with E-state index >= 15 is 0 Å². The summed E-state index contributed by atoms with van der Waals surface area (Å²) in [5, 5.41) is 19.9. The maximum absolute atomic E-state index is 8.82. The Morgan fingerprint density at radius 3 is 2.50 bits per heavy atom. The minimum atomic E-state index is -0.361. The van der Waals surface area contributed by atoms with E-state index in [1.54, 1.807) is 6.07 Å². The first kappa shape index (κ1) is 15.3. The van der Waals surface area contributed by atoms with Crippen LogP contribution in [-0.4, -0.2) is 11.5 Å². The van der Waals surface area contributed by atoms with E-state index in [-0.39, 0.29) is 11.5 Å². The van der Waals surface area contributed by atoms with Gasteiger partial charge in [-0.25, -0.2) is 0 Å². The van der Waals surface area contributed by atoms with Crippen LogP contribution in [0.5, 0.6) is 0 Å². The first-order valence-electron chi connectivity index (χ1n) is 6.77. The van der Waals surface area contributed by atoms with Crippen molar-refractivity contribution in [2.75, 3.05) is 5.43 Å². The molecular formula is C17H17N5. The molecule has 2 aromatic carbocycles. The van der Waals surface area contributed by atoms with Gasteiger partial charge in [-0.1, -0.05) is 30.3 Å². The lowest BCUT2D eigenvalue weighted by molar-refractivity contribution is 1.33. The van der Waals surface area contributed by atoms with Crippen molar-refractivity contribution in [2.24, 2.45) is 10.8 Å². The van der Waals surface area contributed by atoms with Crippen molar-refractivity contribution in [3.8, 4) is 17.2 Å². The normalized spacial score (nSPS) is 10.9. The van der Waals surface area contributed by atoms with Crippen LogP contribution in [0.25, 0.3) is 11.1 Å². The number of hydrazone groups is 1. The summed E-state index contributed by atoms with van der Waals surface area (Å²) < 4.78 is 0. The smallest absolute Gasteiger partial charge is 0.201 e. The number of hydrogen-bond acceptors (Lipinski definition) is 4. The Labute approximate surface area is 129 Å². The first-order valence-corrected chi connectivity index (χ1v) is 6.77. The van der Waals surface area contributed by atoms with Crippen molar-refractivity contribution in [1.82, 2.24) is 0 Å². The average molecular weight is 291 g/mol. The topological polar surface area (TPSA) is 98.0 Å². The van der Waals surface area contributed by atoms with E-state index in [1.165, 1.54) is 11.1 Å². The van der Waals surface area contributed by atoms with Crippen LogP contribution in [0.3, 0.4) is 0 Å². The molecule has 0 aromatic heterocycles. The van der Waals surface area contributed by atoms with Crippen molar-refractivity contribution < 1.29 is 0 Å². The molecule has 0 aliphatic carbocycles. The van der Waals surface area contributed by atoms with Crippen LogP contribution < -0.4 is 11.2 Å². The van der Waals surface area contributed by atoms with E-state index < -0.39 is 0 Å². The molecule has 5 heteroatoms. The Hall–Kier alpha value is -3.13. The number of nitrogens with two attached hydrogens (primary N) is 1. The van der Waals surface area contributed by atoms with Gasteiger partial charge in [0.15, 0.2) is 5.84 Å². The monoisotopic (exact) mass is 291 g/mol. The summed E-state index contributed by atoms with van der Waals surface area (Å²) in [5.74, 6) is -0.361. The number of amidine groups is 1. The standard InChI is InChI=1S/C17H17N5/c1-11-6-7-14(8-12(11)2)13-4-3-5-15(9-13)21-22-16(10-18)17(19)20/h3-9,21H,1-2H3,(H3,19,20)/b22-16+. The van der Waals surface area contributed by atoms with Crippen LogP contribution in [0.2, 0.25) is 0 Å². The summed E-state index contributed by atoms with van der Waals surface area (Å²) >= 11 is 0. The number of hydrogen-bond donors (Lipinski definition) is 3. The molecule has 0 saturated carbocycles. The molecule has 2 aromatic rings. The summed E-state index contributed by atoms with van der Waals surface area (Å²) in [6, 6.07) is 15.7. The van der Waals surface area contributed by atoms with E-state index in [0.717, 1.165) is 16.8 Å². The highest BCUT2D eigenvalue weighted by atomic mass is 15.3. The van der Waals surface area contributed by atoms with Gasteiger partial charge < -0.3 is 5.73 Å². The summed E-state index contributed by atoms with van der Waals surface area (Å²) in [6.07, 6.45) is 0. The van der Waals surface area contributed by atoms with Gasteiger partial charge in [-0.15, -0.1) is 0 Å². The van der Waals surface area contributed by atoms with Crippen molar-refractivity contribution in [2.45, 2.75) is 13.8 Å². The number of anilines is 1. The number of rotatable bonds is 4. The van der Waals surface area contributed by atoms with E-state index in [2.05, 4.69) is 42.6 Å². The van der Waals surface area contributed by atoms with Gasteiger partial charge >= 0.3 is 0 Å². The molecule has 0 saturated heterocycles. The molecule has 4 N–H and O–H groups in total. The Kier molecular flexibility index (Phi) is 4.54. The van der Waals surface area contributed by atoms with E-state index in [4.69, 9.17) is 16.4 Å². The van der Waals surface area contributed by atoms with Gasteiger partial charge in [0.2, 0.25) is 5.71 Å². The highest BCUT2D eigenvalue weighted by molar-refractivity contribution is 6.45. The molecule has 110 valence electrons. The second kappa shape index (κ2) is 6.55. The first-order chi connectivity index (χ1) is 10.5.